The summed E-state index contributed by atoms with van der Waals surface area (Å²) in [6.45, 7) is 2.29. The number of rotatable bonds is 3. The van der Waals surface area contributed by atoms with E-state index in [0.717, 1.165) is 10.7 Å². The van der Waals surface area contributed by atoms with Crippen molar-refractivity contribution in [2.75, 3.05) is 0 Å². The molecule has 0 bridgehead atoms. The van der Waals surface area contributed by atoms with Crippen molar-refractivity contribution >= 4 is 28.8 Å². The van der Waals surface area contributed by atoms with Gasteiger partial charge in [-0.3, -0.25) is 9.78 Å². The molecule has 1 N–H and O–H groups in total. The van der Waals surface area contributed by atoms with Crippen LogP contribution in [0.15, 0.2) is 17.8 Å². The number of aromatic nitrogens is 3. The molecule has 0 fully saturated rings. The number of nitrogens with zero attached hydrogens (tertiary/aromatic N) is 3. The lowest BCUT2D eigenvalue weighted by Gasteiger charge is -2.02. The quantitative estimate of drug-likeness (QED) is 0.922. The van der Waals surface area contributed by atoms with Gasteiger partial charge >= 0.3 is 0 Å². The summed E-state index contributed by atoms with van der Waals surface area (Å²) in [5, 5.41) is 5.77. The lowest BCUT2D eigenvalue weighted by molar-refractivity contribution is 0.0945. The Balaban J connectivity index is 1.98. The molecule has 2 heterocycles. The number of carbonyl (C=O) groups is 1. The fourth-order valence-corrected chi connectivity index (χ4v) is 1.96. The van der Waals surface area contributed by atoms with Crippen molar-refractivity contribution in [1.82, 2.24) is 20.3 Å². The van der Waals surface area contributed by atoms with Crippen LogP contribution in [0.5, 0.6) is 0 Å². The predicted molar refractivity (Wildman–Crippen MR) is 65.1 cm³/mol. The highest BCUT2D eigenvalue weighted by molar-refractivity contribution is 7.09. The van der Waals surface area contributed by atoms with E-state index in [9.17, 15) is 4.79 Å². The molecule has 0 aliphatic heterocycles. The third kappa shape index (κ3) is 3.21. The molecule has 0 aliphatic carbocycles. The van der Waals surface area contributed by atoms with Crippen LogP contribution in [0.1, 0.15) is 21.2 Å². The molecule has 1 amide bonds. The topological polar surface area (TPSA) is 67.8 Å². The molecule has 0 aromatic carbocycles. The first kappa shape index (κ1) is 11.9. The number of aryl methyl sites for hydroxylation is 1. The minimum atomic E-state index is -0.314. The summed E-state index contributed by atoms with van der Waals surface area (Å²) in [4.78, 5) is 23.6. The molecule has 0 unspecified atom stereocenters. The smallest absolute Gasteiger partial charge is 0.271 e. The second-order valence-electron chi connectivity index (χ2n) is 3.27. The van der Waals surface area contributed by atoms with E-state index >= 15 is 0 Å². The molecule has 0 atom stereocenters. The molecule has 2 rings (SSSR count). The molecule has 2 aromatic rings. The number of amides is 1. The summed E-state index contributed by atoms with van der Waals surface area (Å²) in [5.74, 6) is -0.314. The van der Waals surface area contributed by atoms with Crippen molar-refractivity contribution in [3.63, 3.8) is 0 Å². The second-order valence-corrected chi connectivity index (χ2v) is 4.72. The minimum Gasteiger partial charge on any atom is -0.345 e. The van der Waals surface area contributed by atoms with Gasteiger partial charge in [-0.25, -0.2) is 9.97 Å². The van der Waals surface area contributed by atoms with E-state index in [4.69, 9.17) is 11.6 Å². The van der Waals surface area contributed by atoms with Gasteiger partial charge in [0.05, 0.1) is 29.6 Å². The maximum absolute atomic E-state index is 11.7. The van der Waals surface area contributed by atoms with Gasteiger partial charge < -0.3 is 5.32 Å². The predicted octanol–water partition coefficient (Wildman–Crippen LogP) is 1.82. The van der Waals surface area contributed by atoms with Crippen LogP contribution < -0.4 is 5.32 Å². The maximum Gasteiger partial charge on any atom is 0.271 e. The Kier molecular flexibility index (Phi) is 3.65. The Bertz CT molecular complexity index is 543. The zero-order valence-corrected chi connectivity index (χ0v) is 10.5. The van der Waals surface area contributed by atoms with E-state index in [1.54, 1.807) is 11.3 Å². The second kappa shape index (κ2) is 5.20. The Morgan fingerprint density at radius 1 is 1.47 bits per heavy atom. The summed E-state index contributed by atoms with van der Waals surface area (Å²) >= 11 is 7.19. The van der Waals surface area contributed by atoms with Crippen molar-refractivity contribution < 1.29 is 4.79 Å². The SMILES string of the molecule is Cc1nc(CNC(=O)c2cncc(Cl)n2)cs1. The molecule has 5 nitrogen and oxygen atoms in total. The van der Waals surface area contributed by atoms with Gasteiger partial charge in [-0.15, -0.1) is 11.3 Å². The van der Waals surface area contributed by atoms with Crippen molar-refractivity contribution in [2.45, 2.75) is 13.5 Å². The first-order valence-electron chi connectivity index (χ1n) is 4.82. The van der Waals surface area contributed by atoms with E-state index in [0.29, 0.717) is 6.54 Å². The maximum atomic E-state index is 11.7. The highest BCUT2D eigenvalue weighted by atomic mass is 35.5. The zero-order valence-electron chi connectivity index (χ0n) is 8.98. The van der Waals surface area contributed by atoms with Gasteiger partial charge in [-0.05, 0) is 6.92 Å². The standard InChI is InChI=1S/C10H9ClN4OS/c1-6-14-7(5-17-6)2-13-10(16)8-3-12-4-9(11)15-8/h3-5H,2H2,1H3,(H,13,16). The third-order valence-corrected chi connectivity index (χ3v) is 2.94. The van der Waals surface area contributed by atoms with E-state index in [1.807, 2.05) is 12.3 Å². The van der Waals surface area contributed by atoms with Gasteiger partial charge in [0.2, 0.25) is 0 Å². The van der Waals surface area contributed by atoms with Crippen LogP contribution in [0.2, 0.25) is 5.15 Å². The molecule has 0 saturated carbocycles. The van der Waals surface area contributed by atoms with Crippen LogP contribution in [0.25, 0.3) is 0 Å². The molecule has 7 heteroatoms. The highest BCUT2D eigenvalue weighted by Crippen LogP contribution is 2.08. The number of thiazole rings is 1. The number of hydrogen-bond acceptors (Lipinski definition) is 5. The van der Waals surface area contributed by atoms with Gasteiger partial charge in [-0.2, -0.15) is 0 Å². The fraction of sp³-hybridized carbons (Fsp3) is 0.200. The molecular formula is C10H9ClN4OS. The van der Waals surface area contributed by atoms with E-state index in [-0.39, 0.29) is 16.8 Å². The number of halogens is 1. The Morgan fingerprint density at radius 2 is 2.29 bits per heavy atom. The molecule has 0 saturated heterocycles. The lowest BCUT2D eigenvalue weighted by atomic mass is 10.4. The van der Waals surface area contributed by atoms with E-state index in [2.05, 4.69) is 20.3 Å². The van der Waals surface area contributed by atoms with Crippen molar-refractivity contribution in [3.05, 3.63) is 39.3 Å². The molecule has 0 radical (unpaired) electrons. The third-order valence-electron chi connectivity index (χ3n) is 1.93. The zero-order chi connectivity index (χ0) is 12.3. The van der Waals surface area contributed by atoms with Crippen molar-refractivity contribution in [3.8, 4) is 0 Å². The van der Waals surface area contributed by atoms with Crippen LogP contribution in [0, 0.1) is 6.92 Å². The first-order valence-corrected chi connectivity index (χ1v) is 6.07. The van der Waals surface area contributed by atoms with Gasteiger partial charge in [0.15, 0.2) is 0 Å². The molecule has 17 heavy (non-hydrogen) atoms. The lowest BCUT2D eigenvalue weighted by Crippen LogP contribution is -2.24. The van der Waals surface area contributed by atoms with Crippen LogP contribution in [-0.4, -0.2) is 20.9 Å². The Labute approximate surface area is 107 Å². The largest absolute Gasteiger partial charge is 0.345 e. The minimum absolute atomic E-state index is 0.196. The van der Waals surface area contributed by atoms with Crippen LogP contribution >= 0.6 is 22.9 Å². The summed E-state index contributed by atoms with van der Waals surface area (Å²) in [5.41, 5.74) is 1.03. The average molecular weight is 269 g/mol. The van der Waals surface area contributed by atoms with Crippen molar-refractivity contribution in [1.29, 1.82) is 0 Å². The van der Waals surface area contributed by atoms with Crippen LogP contribution in [0.3, 0.4) is 0 Å². The summed E-state index contributed by atoms with van der Waals surface area (Å²) in [6, 6.07) is 0. The molecule has 0 spiro atoms. The highest BCUT2D eigenvalue weighted by Gasteiger charge is 2.08. The molecule has 88 valence electrons. The number of hydrogen-bond donors (Lipinski definition) is 1. The fourth-order valence-electron chi connectivity index (χ4n) is 1.20. The van der Waals surface area contributed by atoms with E-state index < -0.39 is 0 Å². The summed E-state index contributed by atoms with van der Waals surface area (Å²) in [7, 11) is 0. The van der Waals surface area contributed by atoms with Gasteiger partial charge in [0.1, 0.15) is 10.8 Å². The number of carbonyl (C=O) groups excluding carboxylic acids is 1. The number of nitrogens with one attached hydrogen (secondary N) is 1. The van der Waals surface area contributed by atoms with Gasteiger partial charge in [0, 0.05) is 5.38 Å². The van der Waals surface area contributed by atoms with E-state index in [1.165, 1.54) is 12.4 Å². The first-order chi connectivity index (χ1) is 8.15. The molecular weight excluding hydrogens is 260 g/mol. The van der Waals surface area contributed by atoms with Gasteiger partial charge in [-0.1, -0.05) is 11.6 Å². The summed E-state index contributed by atoms with van der Waals surface area (Å²) in [6.07, 6.45) is 2.75. The molecule has 2 aromatic heterocycles. The molecule has 0 aliphatic rings. The van der Waals surface area contributed by atoms with Crippen molar-refractivity contribution in [2.24, 2.45) is 0 Å². The van der Waals surface area contributed by atoms with Gasteiger partial charge in [0.25, 0.3) is 5.91 Å². The normalized spacial score (nSPS) is 10.2. The Hall–Kier alpha value is -1.53. The summed E-state index contributed by atoms with van der Waals surface area (Å²) < 4.78 is 0. The van der Waals surface area contributed by atoms with Crippen LogP contribution in [0.4, 0.5) is 0 Å². The van der Waals surface area contributed by atoms with Crippen LogP contribution in [-0.2, 0) is 6.54 Å². The average Bonchev–Trinajstić information content (AvgIpc) is 2.72. The Morgan fingerprint density at radius 3 is 2.94 bits per heavy atom. The monoisotopic (exact) mass is 268 g/mol.